The Morgan fingerprint density at radius 2 is 1.21 bits per heavy atom. The van der Waals surface area contributed by atoms with Gasteiger partial charge in [0.25, 0.3) is 0 Å². The van der Waals surface area contributed by atoms with Gasteiger partial charge in [-0.3, -0.25) is 0 Å². The summed E-state index contributed by atoms with van der Waals surface area (Å²) in [7, 11) is -1.32. The highest BCUT2D eigenvalue weighted by Gasteiger charge is 2.32. The van der Waals surface area contributed by atoms with Gasteiger partial charge in [-0.05, 0) is 24.5 Å². The second kappa shape index (κ2) is 12.8. The highest BCUT2D eigenvalue weighted by Crippen LogP contribution is 2.22. The molecule has 1 nitrogen and oxygen atoms in total. The van der Waals surface area contributed by atoms with Gasteiger partial charge in [0.15, 0.2) is 0 Å². The number of furan rings is 1. The molecule has 0 aliphatic carbocycles. The number of hydrogen-bond acceptors (Lipinski definition) is 1. The molecule has 0 amide bonds. The van der Waals surface area contributed by atoms with Crippen molar-refractivity contribution >= 4 is 13.5 Å². The van der Waals surface area contributed by atoms with Gasteiger partial charge in [-0.25, -0.2) is 0 Å². The van der Waals surface area contributed by atoms with Crippen LogP contribution in [0.1, 0.15) is 97.5 Å². The van der Waals surface area contributed by atoms with Crippen LogP contribution in [0.15, 0.2) is 16.7 Å². The Hall–Kier alpha value is -0.503. The maximum Gasteiger partial charge on any atom is 0.131 e. The van der Waals surface area contributed by atoms with Crippen LogP contribution in [0.3, 0.4) is 0 Å². The summed E-state index contributed by atoms with van der Waals surface area (Å²) in [5.74, 6) is 0. The molecule has 0 spiro atoms. The molecular formula is C22H42OSi. The van der Waals surface area contributed by atoms with Crippen molar-refractivity contribution < 1.29 is 4.42 Å². The molecule has 0 aromatic carbocycles. The summed E-state index contributed by atoms with van der Waals surface area (Å²) in [5, 5.41) is 1.36. The molecule has 0 N–H and O–H groups in total. The van der Waals surface area contributed by atoms with Crippen LogP contribution in [0, 0.1) is 0 Å². The average Bonchev–Trinajstić information content (AvgIpc) is 3.08. The van der Waals surface area contributed by atoms with Crippen LogP contribution >= 0.6 is 0 Å². The van der Waals surface area contributed by atoms with Gasteiger partial charge < -0.3 is 4.42 Å². The number of unbranched alkanes of at least 4 members (excludes halogenated alkanes) is 9. The zero-order valence-corrected chi connectivity index (χ0v) is 18.0. The number of hydrogen-bond donors (Lipinski definition) is 0. The third-order valence-corrected chi connectivity index (χ3v) is 11.4. The highest BCUT2D eigenvalue weighted by atomic mass is 28.3. The standard InChI is InChI=1S/C22H42OSi/c1-5-9-10-11-12-13-14-15-16-17-18-21-19-22(23-20-21)24(6-2,7-3)8-4/h19-20H,5-18H2,1-4H3. The van der Waals surface area contributed by atoms with Crippen LogP contribution in [-0.2, 0) is 6.42 Å². The quantitative estimate of drug-likeness (QED) is 0.236. The van der Waals surface area contributed by atoms with Gasteiger partial charge in [0, 0.05) is 0 Å². The van der Waals surface area contributed by atoms with Crippen molar-refractivity contribution in [1.82, 2.24) is 0 Å². The summed E-state index contributed by atoms with van der Waals surface area (Å²) in [6, 6.07) is 6.33. The Kier molecular flexibility index (Phi) is 11.5. The fourth-order valence-electron chi connectivity index (χ4n) is 3.87. The van der Waals surface area contributed by atoms with E-state index in [9.17, 15) is 0 Å². The molecule has 0 saturated heterocycles. The minimum Gasteiger partial charge on any atom is -0.474 e. The lowest BCUT2D eigenvalue weighted by molar-refractivity contribution is 0.554. The van der Waals surface area contributed by atoms with Gasteiger partial charge in [0.2, 0.25) is 0 Å². The molecule has 1 rings (SSSR count). The minimum absolute atomic E-state index is 1.21. The molecule has 0 radical (unpaired) electrons. The van der Waals surface area contributed by atoms with E-state index in [-0.39, 0.29) is 0 Å². The molecular weight excluding hydrogens is 308 g/mol. The Labute approximate surface area is 152 Å². The van der Waals surface area contributed by atoms with Crippen LogP contribution in [0.4, 0.5) is 0 Å². The first kappa shape index (κ1) is 21.5. The first-order valence-electron chi connectivity index (χ1n) is 10.8. The predicted octanol–water partition coefficient (Wildman–Crippen LogP) is 7.46. The van der Waals surface area contributed by atoms with Crippen molar-refractivity contribution in [3.8, 4) is 0 Å². The lowest BCUT2D eigenvalue weighted by atomic mass is 10.0. The third-order valence-electron chi connectivity index (χ3n) is 6.03. The Balaban J connectivity index is 2.16. The smallest absolute Gasteiger partial charge is 0.131 e. The third kappa shape index (κ3) is 7.17. The van der Waals surface area contributed by atoms with Gasteiger partial charge in [-0.2, -0.15) is 0 Å². The molecule has 0 fully saturated rings. The normalized spacial score (nSPS) is 12.0. The lowest BCUT2D eigenvalue weighted by Crippen LogP contribution is -2.44. The first-order valence-corrected chi connectivity index (χ1v) is 13.4. The van der Waals surface area contributed by atoms with E-state index in [1.165, 1.54) is 99.7 Å². The summed E-state index contributed by atoms with van der Waals surface area (Å²) in [5.41, 5.74) is 1.44. The van der Waals surface area contributed by atoms with E-state index in [0.29, 0.717) is 0 Å². The molecule has 0 aliphatic rings. The summed E-state index contributed by atoms with van der Waals surface area (Å²) in [4.78, 5) is 0. The van der Waals surface area contributed by atoms with E-state index in [4.69, 9.17) is 4.42 Å². The van der Waals surface area contributed by atoms with Gasteiger partial charge in [-0.1, -0.05) is 104 Å². The zero-order valence-electron chi connectivity index (χ0n) is 17.0. The summed E-state index contributed by atoms with van der Waals surface area (Å²) >= 11 is 0. The predicted molar refractivity (Wildman–Crippen MR) is 111 cm³/mol. The zero-order chi connectivity index (χ0) is 17.7. The highest BCUT2D eigenvalue weighted by molar-refractivity contribution is 6.90. The maximum absolute atomic E-state index is 6.01. The van der Waals surface area contributed by atoms with Crippen LogP contribution in [0.2, 0.25) is 18.1 Å². The lowest BCUT2D eigenvalue weighted by Gasteiger charge is -2.24. The van der Waals surface area contributed by atoms with Crippen LogP contribution in [0.5, 0.6) is 0 Å². The monoisotopic (exact) mass is 350 g/mol. The largest absolute Gasteiger partial charge is 0.474 e. The van der Waals surface area contributed by atoms with Crippen molar-refractivity contribution in [2.75, 3.05) is 0 Å². The number of aryl methyl sites for hydroxylation is 1. The molecule has 2 heteroatoms. The Morgan fingerprint density at radius 3 is 1.71 bits per heavy atom. The first-order chi connectivity index (χ1) is 11.7. The molecule has 0 bridgehead atoms. The van der Waals surface area contributed by atoms with Gasteiger partial charge >= 0.3 is 0 Å². The fourth-order valence-corrected chi connectivity index (χ4v) is 7.22. The topological polar surface area (TPSA) is 13.1 Å². The van der Waals surface area contributed by atoms with E-state index < -0.39 is 8.07 Å². The molecule has 0 aliphatic heterocycles. The molecule has 24 heavy (non-hydrogen) atoms. The van der Waals surface area contributed by atoms with Crippen molar-refractivity contribution in [2.24, 2.45) is 0 Å². The van der Waals surface area contributed by atoms with Crippen LogP contribution in [0.25, 0.3) is 0 Å². The molecule has 0 saturated carbocycles. The molecule has 0 atom stereocenters. The van der Waals surface area contributed by atoms with Crippen molar-refractivity contribution in [3.05, 3.63) is 17.9 Å². The second-order valence-corrected chi connectivity index (χ2v) is 12.8. The molecule has 1 aromatic heterocycles. The van der Waals surface area contributed by atoms with Gasteiger partial charge in [-0.15, -0.1) is 0 Å². The van der Waals surface area contributed by atoms with Crippen LogP contribution < -0.4 is 5.38 Å². The molecule has 0 unspecified atom stereocenters. The van der Waals surface area contributed by atoms with Crippen molar-refractivity contribution in [2.45, 2.75) is 116 Å². The average molecular weight is 351 g/mol. The summed E-state index contributed by atoms with van der Waals surface area (Å²) in [6.45, 7) is 9.34. The second-order valence-electron chi connectivity index (χ2n) is 7.59. The Morgan fingerprint density at radius 1 is 0.708 bits per heavy atom. The van der Waals surface area contributed by atoms with E-state index in [0.717, 1.165) is 0 Å². The summed E-state index contributed by atoms with van der Waals surface area (Å²) < 4.78 is 6.01. The number of rotatable bonds is 15. The van der Waals surface area contributed by atoms with E-state index in [1.54, 1.807) is 0 Å². The fraction of sp³-hybridized carbons (Fsp3) is 0.818. The van der Waals surface area contributed by atoms with Crippen molar-refractivity contribution in [3.63, 3.8) is 0 Å². The molecule has 140 valence electrons. The Bertz CT molecular complexity index is 398. The SMILES string of the molecule is CCCCCCCCCCCCc1coc([Si](CC)(CC)CC)c1. The van der Waals surface area contributed by atoms with Gasteiger partial charge in [0.1, 0.15) is 8.07 Å². The maximum atomic E-state index is 6.01. The summed E-state index contributed by atoms with van der Waals surface area (Å²) in [6.07, 6.45) is 17.4. The van der Waals surface area contributed by atoms with E-state index in [2.05, 4.69) is 33.8 Å². The van der Waals surface area contributed by atoms with Crippen molar-refractivity contribution in [1.29, 1.82) is 0 Å². The minimum atomic E-state index is -1.32. The van der Waals surface area contributed by atoms with Gasteiger partial charge in [0.05, 0.1) is 11.6 Å². The van der Waals surface area contributed by atoms with Crippen LogP contribution in [-0.4, -0.2) is 8.07 Å². The molecule has 1 aromatic rings. The van der Waals surface area contributed by atoms with E-state index in [1.807, 2.05) is 6.26 Å². The molecule has 1 heterocycles. The van der Waals surface area contributed by atoms with E-state index >= 15 is 0 Å².